The Morgan fingerprint density at radius 2 is 2.18 bits per heavy atom. The molecule has 1 aliphatic heterocycles. The maximum absolute atomic E-state index is 12.3. The first-order valence-electron chi connectivity index (χ1n) is 7.37. The summed E-state index contributed by atoms with van der Waals surface area (Å²) in [4.78, 5) is 25.0. The van der Waals surface area contributed by atoms with Crippen molar-refractivity contribution in [3.63, 3.8) is 0 Å². The van der Waals surface area contributed by atoms with Crippen molar-refractivity contribution < 1.29 is 19.4 Å². The Hall–Kier alpha value is -1.75. The number of benzene rings is 1. The Kier molecular flexibility index (Phi) is 5.66. The fourth-order valence-electron chi connectivity index (χ4n) is 2.75. The number of carbonyl (C=O) groups excluding carboxylic acids is 1. The van der Waals surface area contributed by atoms with Crippen molar-refractivity contribution in [1.82, 2.24) is 4.90 Å². The minimum atomic E-state index is -0.916. The molecule has 1 heterocycles. The number of carboxylic acid groups (broad SMARTS) is 1. The van der Waals surface area contributed by atoms with Crippen LogP contribution < -0.4 is 4.74 Å². The average molecular weight is 326 g/mol. The van der Waals surface area contributed by atoms with Crippen molar-refractivity contribution in [1.29, 1.82) is 0 Å². The lowest BCUT2D eigenvalue weighted by molar-refractivity contribution is -0.152. The van der Waals surface area contributed by atoms with Gasteiger partial charge in [0.15, 0.2) is 0 Å². The quantitative estimate of drug-likeness (QED) is 0.904. The van der Waals surface area contributed by atoms with Gasteiger partial charge in [-0.15, -0.1) is 0 Å². The number of piperidine rings is 1. The van der Waals surface area contributed by atoms with Crippen LogP contribution in [-0.4, -0.2) is 41.6 Å². The Morgan fingerprint density at radius 3 is 2.82 bits per heavy atom. The molecule has 1 fully saturated rings. The van der Waals surface area contributed by atoms with E-state index < -0.39 is 12.0 Å². The monoisotopic (exact) mass is 325 g/mol. The standard InChI is InChI=1S/C16H20ClNO4/c1-22-14-7-5-11(10-12(14)17)6-8-15(19)18-9-3-2-4-13(18)16(20)21/h5,7,10,13H,2-4,6,8-9H2,1H3,(H,20,21). The van der Waals surface area contributed by atoms with Crippen LogP contribution >= 0.6 is 11.6 Å². The van der Waals surface area contributed by atoms with E-state index >= 15 is 0 Å². The van der Waals surface area contributed by atoms with E-state index in [0.29, 0.717) is 30.2 Å². The summed E-state index contributed by atoms with van der Waals surface area (Å²) < 4.78 is 5.09. The van der Waals surface area contributed by atoms with Gasteiger partial charge in [-0.2, -0.15) is 0 Å². The SMILES string of the molecule is COc1ccc(CCC(=O)N2CCCCC2C(=O)O)cc1Cl. The van der Waals surface area contributed by atoms with Gasteiger partial charge in [0.1, 0.15) is 11.8 Å². The van der Waals surface area contributed by atoms with E-state index in [1.54, 1.807) is 19.2 Å². The summed E-state index contributed by atoms with van der Waals surface area (Å²) in [6.45, 7) is 0.527. The molecule has 0 bridgehead atoms. The Morgan fingerprint density at radius 1 is 1.41 bits per heavy atom. The molecule has 2 rings (SSSR count). The molecule has 0 aromatic heterocycles. The highest BCUT2D eigenvalue weighted by atomic mass is 35.5. The van der Waals surface area contributed by atoms with Gasteiger partial charge in [-0.05, 0) is 43.4 Å². The summed E-state index contributed by atoms with van der Waals surface area (Å²) in [5.41, 5.74) is 0.933. The topological polar surface area (TPSA) is 66.8 Å². The number of hydrogen-bond acceptors (Lipinski definition) is 3. The first kappa shape index (κ1) is 16.6. The van der Waals surface area contributed by atoms with Gasteiger partial charge in [-0.3, -0.25) is 4.79 Å². The maximum Gasteiger partial charge on any atom is 0.326 e. The number of amides is 1. The summed E-state index contributed by atoms with van der Waals surface area (Å²) in [7, 11) is 1.55. The second-order valence-corrected chi connectivity index (χ2v) is 5.81. The molecule has 1 atom stereocenters. The molecule has 1 aliphatic rings. The summed E-state index contributed by atoms with van der Waals surface area (Å²) in [6.07, 6.45) is 3.08. The zero-order chi connectivity index (χ0) is 16.1. The van der Waals surface area contributed by atoms with Gasteiger partial charge in [-0.25, -0.2) is 4.79 Å². The van der Waals surface area contributed by atoms with Crippen LogP contribution in [0.1, 0.15) is 31.2 Å². The van der Waals surface area contributed by atoms with Crippen LogP contribution in [-0.2, 0) is 16.0 Å². The van der Waals surface area contributed by atoms with Crippen molar-refractivity contribution in [2.75, 3.05) is 13.7 Å². The van der Waals surface area contributed by atoms with Crippen LogP contribution in [0.3, 0.4) is 0 Å². The molecule has 1 aromatic rings. The van der Waals surface area contributed by atoms with E-state index in [1.165, 1.54) is 4.90 Å². The van der Waals surface area contributed by atoms with Crippen molar-refractivity contribution >= 4 is 23.5 Å². The molecule has 22 heavy (non-hydrogen) atoms. The smallest absolute Gasteiger partial charge is 0.326 e. The first-order chi connectivity index (χ1) is 10.5. The summed E-state index contributed by atoms with van der Waals surface area (Å²) in [5.74, 6) is -0.432. The molecule has 0 aliphatic carbocycles. The highest BCUT2D eigenvalue weighted by Crippen LogP contribution is 2.26. The Labute approximate surface area is 134 Å². The van der Waals surface area contributed by atoms with Crippen LogP contribution in [0.15, 0.2) is 18.2 Å². The predicted octanol–water partition coefficient (Wildman–Crippen LogP) is 2.75. The molecule has 5 nitrogen and oxygen atoms in total. The summed E-state index contributed by atoms with van der Waals surface area (Å²) in [6, 6.07) is 4.73. The minimum absolute atomic E-state index is 0.112. The molecular weight excluding hydrogens is 306 g/mol. The van der Waals surface area contributed by atoms with Gasteiger partial charge in [0.2, 0.25) is 5.91 Å². The lowest BCUT2D eigenvalue weighted by Gasteiger charge is -2.33. The van der Waals surface area contributed by atoms with E-state index in [1.807, 2.05) is 6.07 Å². The number of ether oxygens (including phenoxy) is 1. The van der Waals surface area contributed by atoms with Crippen LogP contribution in [0.2, 0.25) is 5.02 Å². The lowest BCUT2D eigenvalue weighted by atomic mass is 10.0. The summed E-state index contributed by atoms with van der Waals surface area (Å²) in [5, 5.41) is 9.72. The third-order valence-corrected chi connectivity index (χ3v) is 4.25. The van der Waals surface area contributed by atoms with Gasteiger partial charge >= 0.3 is 5.97 Å². The average Bonchev–Trinajstić information content (AvgIpc) is 2.52. The largest absolute Gasteiger partial charge is 0.495 e. The number of rotatable bonds is 5. The third kappa shape index (κ3) is 3.91. The van der Waals surface area contributed by atoms with Gasteiger partial charge < -0.3 is 14.7 Å². The number of carboxylic acids is 1. The molecule has 0 saturated carbocycles. The lowest BCUT2D eigenvalue weighted by Crippen LogP contribution is -2.48. The molecular formula is C16H20ClNO4. The predicted molar refractivity (Wildman–Crippen MR) is 83.3 cm³/mol. The number of nitrogens with zero attached hydrogens (tertiary/aromatic N) is 1. The van der Waals surface area contributed by atoms with Crippen molar-refractivity contribution in [3.8, 4) is 5.75 Å². The van der Waals surface area contributed by atoms with Gasteiger partial charge in [0.25, 0.3) is 0 Å². The van der Waals surface area contributed by atoms with E-state index in [2.05, 4.69) is 0 Å². The number of hydrogen-bond donors (Lipinski definition) is 1. The van der Waals surface area contributed by atoms with E-state index in [9.17, 15) is 14.7 Å². The molecule has 0 spiro atoms. The summed E-state index contributed by atoms with van der Waals surface area (Å²) >= 11 is 6.06. The number of aryl methyl sites for hydroxylation is 1. The van der Waals surface area contributed by atoms with Crippen LogP contribution in [0.5, 0.6) is 5.75 Å². The molecule has 1 N–H and O–H groups in total. The second-order valence-electron chi connectivity index (χ2n) is 5.41. The van der Waals surface area contributed by atoms with Gasteiger partial charge in [0, 0.05) is 13.0 Å². The number of methoxy groups -OCH3 is 1. The molecule has 1 saturated heterocycles. The van der Waals surface area contributed by atoms with Gasteiger partial charge in [0.05, 0.1) is 12.1 Å². The zero-order valence-corrected chi connectivity index (χ0v) is 13.3. The normalized spacial score (nSPS) is 18.1. The number of likely N-dealkylation sites (tertiary alicyclic amines) is 1. The van der Waals surface area contributed by atoms with Crippen molar-refractivity contribution in [2.45, 2.75) is 38.1 Å². The van der Waals surface area contributed by atoms with Crippen LogP contribution in [0, 0.1) is 0 Å². The fraction of sp³-hybridized carbons (Fsp3) is 0.500. The molecule has 1 aromatic carbocycles. The number of aliphatic carboxylic acids is 1. The Balaban J connectivity index is 1.96. The zero-order valence-electron chi connectivity index (χ0n) is 12.5. The molecule has 1 unspecified atom stereocenters. The Bertz CT molecular complexity index is 561. The molecule has 0 radical (unpaired) electrons. The first-order valence-corrected chi connectivity index (χ1v) is 7.75. The van der Waals surface area contributed by atoms with E-state index in [0.717, 1.165) is 18.4 Å². The fourth-order valence-corrected chi connectivity index (χ4v) is 3.03. The molecule has 6 heteroatoms. The number of carbonyl (C=O) groups is 2. The van der Waals surface area contributed by atoms with E-state index in [4.69, 9.17) is 16.3 Å². The second kappa shape index (κ2) is 7.49. The third-order valence-electron chi connectivity index (χ3n) is 3.95. The highest BCUT2D eigenvalue weighted by Gasteiger charge is 2.31. The van der Waals surface area contributed by atoms with Gasteiger partial charge in [-0.1, -0.05) is 17.7 Å². The van der Waals surface area contributed by atoms with Crippen LogP contribution in [0.25, 0.3) is 0 Å². The van der Waals surface area contributed by atoms with Crippen LogP contribution in [0.4, 0.5) is 0 Å². The molecule has 1 amide bonds. The van der Waals surface area contributed by atoms with Crippen molar-refractivity contribution in [2.24, 2.45) is 0 Å². The number of halogens is 1. The maximum atomic E-state index is 12.3. The van der Waals surface area contributed by atoms with Crippen molar-refractivity contribution in [3.05, 3.63) is 28.8 Å². The van der Waals surface area contributed by atoms with E-state index in [-0.39, 0.29) is 12.3 Å². The highest BCUT2D eigenvalue weighted by molar-refractivity contribution is 6.32. The minimum Gasteiger partial charge on any atom is -0.495 e. The molecule has 120 valence electrons.